The Morgan fingerprint density at radius 3 is 2.25 bits per heavy atom. The molecule has 0 saturated heterocycles. The molecule has 0 aliphatic rings. The van der Waals surface area contributed by atoms with Crippen LogP contribution in [-0.4, -0.2) is 42.1 Å². The molecule has 2 rings (SSSR count). The molecular formula is C18H21NO5. The first-order valence-electron chi connectivity index (χ1n) is 7.48. The second-order valence-corrected chi connectivity index (χ2v) is 5.38. The predicted molar refractivity (Wildman–Crippen MR) is 88.3 cm³/mol. The van der Waals surface area contributed by atoms with Gasteiger partial charge in [0.05, 0.1) is 19.8 Å². The lowest BCUT2D eigenvalue weighted by Crippen LogP contribution is -2.54. The van der Waals surface area contributed by atoms with Gasteiger partial charge in [0.1, 0.15) is 0 Å². The number of methoxy groups -OCH3 is 1. The van der Waals surface area contributed by atoms with Gasteiger partial charge in [-0.1, -0.05) is 54.6 Å². The number of benzene rings is 2. The van der Waals surface area contributed by atoms with Gasteiger partial charge >= 0.3 is 0 Å². The average molecular weight is 331 g/mol. The van der Waals surface area contributed by atoms with E-state index in [9.17, 15) is 9.90 Å². The number of rotatable bonds is 8. The maximum absolute atomic E-state index is 11.8. The third-order valence-electron chi connectivity index (χ3n) is 3.72. The Morgan fingerprint density at radius 1 is 1.08 bits per heavy atom. The zero-order valence-electron chi connectivity index (χ0n) is 13.4. The Morgan fingerprint density at radius 2 is 1.71 bits per heavy atom. The molecule has 0 fully saturated rings. The van der Waals surface area contributed by atoms with Crippen molar-refractivity contribution in [2.24, 2.45) is 0 Å². The zero-order chi connectivity index (χ0) is 17.4. The lowest BCUT2D eigenvalue weighted by atomic mass is 10.0. The Balaban J connectivity index is 2.08. The lowest BCUT2D eigenvalue weighted by Gasteiger charge is -2.28. The van der Waals surface area contributed by atoms with Gasteiger partial charge in [-0.3, -0.25) is 10.0 Å². The maximum atomic E-state index is 11.8. The van der Waals surface area contributed by atoms with Crippen LogP contribution < -0.4 is 5.48 Å². The monoisotopic (exact) mass is 331 g/mol. The van der Waals surface area contributed by atoms with E-state index in [1.807, 2.05) is 54.6 Å². The van der Waals surface area contributed by atoms with Crippen LogP contribution in [0.4, 0.5) is 0 Å². The zero-order valence-corrected chi connectivity index (χ0v) is 13.4. The Labute approximate surface area is 140 Å². The molecule has 1 amide bonds. The van der Waals surface area contributed by atoms with Gasteiger partial charge in [-0.2, -0.15) is 0 Å². The number of nitrogens with one attached hydrogen (secondary N) is 1. The van der Waals surface area contributed by atoms with Crippen molar-refractivity contribution in [1.29, 1.82) is 0 Å². The molecule has 128 valence electrons. The average Bonchev–Trinajstić information content (AvgIpc) is 2.65. The number of ether oxygens (including phenoxy) is 2. The van der Waals surface area contributed by atoms with Crippen molar-refractivity contribution in [1.82, 2.24) is 5.48 Å². The molecule has 2 aromatic carbocycles. The van der Waals surface area contributed by atoms with Crippen molar-refractivity contribution in [3.63, 3.8) is 0 Å². The minimum atomic E-state index is -1.65. The number of carbonyl (C=O) groups excluding carboxylic acids is 1. The third kappa shape index (κ3) is 4.18. The Kier molecular flexibility index (Phi) is 6.45. The molecule has 6 heteroatoms. The summed E-state index contributed by atoms with van der Waals surface area (Å²) in [5.41, 5.74) is 2.85. The molecule has 0 radical (unpaired) electrons. The molecule has 0 aliphatic heterocycles. The SMILES string of the molecule is COCC(CO)(OCc1ccc(-c2ccccc2)cc1)C(=O)NO. The Bertz CT molecular complexity index is 644. The lowest BCUT2D eigenvalue weighted by molar-refractivity contribution is -0.173. The van der Waals surface area contributed by atoms with Crippen LogP contribution in [0.5, 0.6) is 0 Å². The molecule has 0 aliphatic carbocycles. The predicted octanol–water partition coefficient (Wildman–Crippen LogP) is 1.75. The minimum absolute atomic E-state index is 0.0897. The highest BCUT2D eigenvalue weighted by atomic mass is 16.6. The van der Waals surface area contributed by atoms with Crippen LogP contribution in [0.2, 0.25) is 0 Å². The topological polar surface area (TPSA) is 88.0 Å². The van der Waals surface area contributed by atoms with Gasteiger partial charge in [0, 0.05) is 7.11 Å². The molecule has 2 aromatic rings. The van der Waals surface area contributed by atoms with Crippen LogP contribution in [-0.2, 0) is 20.9 Å². The van der Waals surface area contributed by atoms with Crippen molar-refractivity contribution < 1.29 is 24.6 Å². The van der Waals surface area contributed by atoms with E-state index in [0.29, 0.717) is 0 Å². The summed E-state index contributed by atoms with van der Waals surface area (Å²) >= 11 is 0. The van der Waals surface area contributed by atoms with Gasteiger partial charge in [-0.25, -0.2) is 5.48 Å². The molecular weight excluding hydrogens is 310 g/mol. The molecule has 0 aromatic heterocycles. The van der Waals surface area contributed by atoms with Gasteiger partial charge < -0.3 is 14.6 Å². The van der Waals surface area contributed by atoms with Crippen LogP contribution in [0.1, 0.15) is 5.56 Å². The first kappa shape index (κ1) is 18.1. The van der Waals surface area contributed by atoms with E-state index < -0.39 is 18.1 Å². The minimum Gasteiger partial charge on any atom is -0.393 e. The van der Waals surface area contributed by atoms with Gasteiger partial charge in [-0.05, 0) is 16.7 Å². The number of aliphatic hydroxyl groups excluding tert-OH is 1. The van der Waals surface area contributed by atoms with Crippen molar-refractivity contribution >= 4 is 5.91 Å². The quantitative estimate of drug-likeness (QED) is 0.507. The van der Waals surface area contributed by atoms with Gasteiger partial charge in [-0.15, -0.1) is 0 Å². The summed E-state index contributed by atoms with van der Waals surface area (Å²) in [5, 5.41) is 18.3. The number of hydrogen-bond acceptors (Lipinski definition) is 5. The highest BCUT2D eigenvalue weighted by Gasteiger charge is 2.39. The summed E-state index contributed by atoms with van der Waals surface area (Å²) in [5.74, 6) is -0.854. The van der Waals surface area contributed by atoms with Gasteiger partial charge in [0.15, 0.2) is 5.60 Å². The van der Waals surface area contributed by atoms with Crippen molar-refractivity contribution in [2.45, 2.75) is 12.2 Å². The normalized spacial score (nSPS) is 13.3. The molecule has 0 saturated carbocycles. The van der Waals surface area contributed by atoms with Crippen LogP contribution in [0.15, 0.2) is 54.6 Å². The van der Waals surface area contributed by atoms with Crippen LogP contribution in [0.3, 0.4) is 0 Å². The summed E-state index contributed by atoms with van der Waals surface area (Å²) in [4.78, 5) is 11.8. The molecule has 1 atom stereocenters. The first-order valence-corrected chi connectivity index (χ1v) is 7.48. The van der Waals surface area contributed by atoms with Gasteiger partial charge in [0.2, 0.25) is 0 Å². The fraction of sp³-hybridized carbons (Fsp3) is 0.278. The van der Waals surface area contributed by atoms with E-state index in [-0.39, 0.29) is 13.2 Å². The second-order valence-electron chi connectivity index (χ2n) is 5.38. The van der Waals surface area contributed by atoms with E-state index in [4.69, 9.17) is 14.7 Å². The standard InChI is InChI=1S/C18H21NO5/c1-23-13-18(12-20,17(21)19-22)24-11-14-7-9-16(10-8-14)15-5-3-2-4-6-15/h2-10,20,22H,11-13H2,1H3,(H,19,21). The number of hydrogen-bond donors (Lipinski definition) is 3. The highest BCUT2D eigenvalue weighted by Crippen LogP contribution is 2.21. The summed E-state index contributed by atoms with van der Waals surface area (Å²) in [6, 6.07) is 17.6. The smallest absolute Gasteiger partial charge is 0.280 e. The third-order valence-corrected chi connectivity index (χ3v) is 3.72. The van der Waals surface area contributed by atoms with Crippen molar-refractivity contribution in [3.05, 3.63) is 60.2 Å². The molecule has 0 heterocycles. The number of aliphatic hydroxyl groups is 1. The number of hydroxylamine groups is 1. The van der Waals surface area contributed by atoms with E-state index in [1.165, 1.54) is 12.6 Å². The fourth-order valence-corrected chi connectivity index (χ4v) is 2.32. The maximum Gasteiger partial charge on any atom is 0.280 e. The summed E-state index contributed by atoms with van der Waals surface area (Å²) in [7, 11) is 1.38. The van der Waals surface area contributed by atoms with Crippen LogP contribution in [0.25, 0.3) is 11.1 Å². The van der Waals surface area contributed by atoms with E-state index in [2.05, 4.69) is 0 Å². The van der Waals surface area contributed by atoms with E-state index >= 15 is 0 Å². The highest BCUT2D eigenvalue weighted by molar-refractivity contribution is 5.84. The number of carbonyl (C=O) groups is 1. The molecule has 0 spiro atoms. The van der Waals surface area contributed by atoms with Crippen molar-refractivity contribution in [3.8, 4) is 11.1 Å². The van der Waals surface area contributed by atoms with E-state index in [1.54, 1.807) is 0 Å². The molecule has 1 unspecified atom stereocenters. The van der Waals surface area contributed by atoms with Crippen molar-refractivity contribution in [2.75, 3.05) is 20.3 Å². The molecule has 0 bridgehead atoms. The molecule has 6 nitrogen and oxygen atoms in total. The molecule has 3 N–H and O–H groups in total. The Hall–Kier alpha value is -2.25. The van der Waals surface area contributed by atoms with Crippen LogP contribution in [0, 0.1) is 0 Å². The fourth-order valence-electron chi connectivity index (χ4n) is 2.32. The first-order chi connectivity index (χ1) is 11.6. The molecule has 24 heavy (non-hydrogen) atoms. The van der Waals surface area contributed by atoms with Crippen LogP contribution >= 0.6 is 0 Å². The second kappa shape index (κ2) is 8.56. The summed E-state index contributed by atoms with van der Waals surface area (Å²) in [6.07, 6.45) is 0. The number of amides is 1. The van der Waals surface area contributed by atoms with Gasteiger partial charge in [0.25, 0.3) is 5.91 Å². The summed E-state index contributed by atoms with van der Waals surface area (Å²) in [6.45, 7) is -0.709. The summed E-state index contributed by atoms with van der Waals surface area (Å²) < 4.78 is 10.5. The largest absolute Gasteiger partial charge is 0.393 e. The van der Waals surface area contributed by atoms with E-state index in [0.717, 1.165) is 16.7 Å².